The van der Waals surface area contributed by atoms with Crippen molar-refractivity contribution < 1.29 is 4.79 Å². The maximum Gasteiger partial charge on any atom is 0.226 e. The lowest BCUT2D eigenvalue weighted by atomic mass is 10.1. The Morgan fingerprint density at radius 1 is 1.40 bits per heavy atom. The minimum absolute atomic E-state index is 0.0567. The van der Waals surface area contributed by atoms with E-state index >= 15 is 0 Å². The highest BCUT2D eigenvalue weighted by atomic mass is 16.1. The third-order valence-corrected chi connectivity index (χ3v) is 2.20. The molecule has 0 heterocycles. The van der Waals surface area contributed by atoms with E-state index in [0.29, 0.717) is 6.54 Å². The number of nitrogens with one attached hydrogen (secondary N) is 1. The molecule has 0 aliphatic heterocycles. The first-order valence-corrected chi connectivity index (χ1v) is 5.18. The van der Waals surface area contributed by atoms with Crippen LogP contribution in [0.4, 0.5) is 0 Å². The van der Waals surface area contributed by atoms with Crippen molar-refractivity contribution >= 4 is 5.91 Å². The predicted octanol–water partition coefficient (Wildman–Crippen LogP) is 2.52. The highest BCUT2D eigenvalue weighted by Crippen LogP contribution is 2.00. The van der Waals surface area contributed by atoms with Gasteiger partial charge in [-0.1, -0.05) is 49.4 Å². The molecule has 0 aromatic heterocycles. The number of carbonyl (C=O) groups is 1. The van der Waals surface area contributed by atoms with Gasteiger partial charge in [0.25, 0.3) is 0 Å². The minimum Gasteiger partial charge on any atom is -0.352 e. The molecule has 1 unspecified atom stereocenters. The summed E-state index contributed by atoms with van der Waals surface area (Å²) in [6.07, 6.45) is 3.78. The van der Waals surface area contributed by atoms with Gasteiger partial charge in [-0.15, -0.1) is 0 Å². The standard InChI is InChI=1S/C13H17NO/c1-3-7-11(2)13(15)14-10-12-8-5-4-6-9-12/h3-9,11H,10H2,1-2H3,(H,14,15)/b7-3+. The SMILES string of the molecule is C/C=C/C(C)C(=O)NCc1ccccc1. The molecule has 1 atom stereocenters. The number of hydrogen-bond donors (Lipinski definition) is 1. The summed E-state index contributed by atoms with van der Waals surface area (Å²) in [5.41, 5.74) is 1.12. The Bertz CT molecular complexity index is 330. The van der Waals surface area contributed by atoms with Crippen LogP contribution in [-0.4, -0.2) is 5.91 Å². The zero-order valence-electron chi connectivity index (χ0n) is 9.23. The van der Waals surface area contributed by atoms with Gasteiger partial charge in [-0.25, -0.2) is 0 Å². The lowest BCUT2D eigenvalue weighted by Gasteiger charge is -2.08. The van der Waals surface area contributed by atoms with E-state index in [0.717, 1.165) is 5.56 Å². The molecule has 15 heavy (non-hydrogen) atoms. The molecule has 0 spiro atoms. The summed E-state index contributed by atoms with van der Waals surface area (Å²) in [5, 5.41) is 2.89. The highest BCUT2D eigenvalue weighted by Gasteiger charge is 2.07. The zero-order valence-corrected chi connectivity index (χ0v) is 9.23. The molecule has 1 N–H and O–H groups in total. The lowest BCUT2D eigenvalue weighted by molar-refractivity contribution is -0.123. The molecule has 0 aliphatic carbocycles. The lowest BCUT2D eigenvalue weighted by Crippen LogP contribution is -2.27. The fourth-order valence-corrected chi connectivity index (χ4v) is 1.32. The Balaban J connectivity index is 2.41. The number of amides is 1. The van der Waals surface area contributed by atoms with Crippen molar-refractivity contribution in [2.75, 3.05) is 0 Å². The third kappa shape index (κ3) is 3.98. The summed E-state index contributed by atoms with van der Waals surface area (Å²) < 4.78 is 0. The largest absolute Gasteiger partial charge is 0.352 e. The van der Waals surface area contributed by atoms with E-state index < -0.39 is 0 Å². The molecule has 0 radical (unpaired) electrons. The quantitative estimate of drug-likeness (QED) is 0.748. The van der Waals surface area contributed by atoms with Gasteiger partial charge in [0.2, 0.25) is 5.91 Å². The van der Waals surface area contributed by atoms with E-state index in [-0.39, 0.29) is 11.8 Å². The minimum atomic E-state index is -0.0567. The average molecular weight is 203 g/mol. The second-order valence-electron chi connectivity index (χ2n) is 3.52. The van der Waals surface area contributed by atoms with E-state index in [1.165, 1.54) is 0 Å². The summed E-state index contributed by atoms with van der Waals surface area (Å²) in [7, 11) is 0. The van der Waals surface area contributed by atoms with Crippen LogP contribution in [0.5, 0.6) is 0 Å². The van der Waals surface area contributed by atoms with E-state index in [2.05, 4.69) is 5.32 Å². The molecule has 0 saturated heterocycles. The monoisotopic (exact) mass is 203 g/mol. The van der Waals surface area contributed by atoms with Crippen LogP contribution in [-0.2, 0) is 11.3 Å². The molecule has 1 aromatic rings. The molecule has 2 heteroatoms. The van der Waals surface area contributed by atoms with Crippen LogP contribution >= 0.6 is 0 Å². The fourth-order valence-electron chi connectivity index (χ4n) is 1.32. The maximum atomic E-state index is 11.5. The first-order valence-electron chi connectivity index (χ1n) is 5.18. The Morgan fingerprint density at radius 2 is 2.07 bits per heavy atom. The molecule has 0 aliphatic rings. The van der Waals surface area contributed by atoms with Gasteiger partial charge in [-0.05, 0) is 12.5 Å². The first kappa shape index (κ1) is 11.5. The van der Waals surface area contributed by atoms with Crippen molar-refractivity contribution in [3.63, 3.8) is 0 Å². The van der Waals surface area contributed by atoms with Crippen molar-refractivity contribution in [3.05, 3.63) is 48.0 Å². The number of benzene rings is 1. The van der Waals surface area contributed by atoms with Crippen LogP contribution < -0.4 is 5.32 Å². The smallest absolute Gasteiger partial charge is 0.226 e. The highest BCUT2D eigenvalue weighted by molar-refractivity contribution is 5.79. The van der Waals surface area contributed by atoms with E-state index in [1.807, 2.05) is 56.3 Å². The topological polar surface area (TPSA) is 29.1 Å². The van der Waals surface area contributed by atoms with E-state index in [9.17, 15) is 4.79 Å². The second-order valence-corrected chi connectivity index (χ2v) is 3.52. The van der Waals surface area contributed by atoms with E-state index in [4.69, 9.17) is 0 Å². The zero-order chi connectivity index (χ0) is 11.1. The van der Waals surface area contributed by atoms with Crippen molar-refractivity contribution in [2.45, 2.75) is 20.4 Å². The first-order chi connectivity index (χ1) is 7.24. The molecule has 1 aromatic carbocycles. The molecular weight excluding hydrogens is 186 g/mol. The normalized spacial score (nSPS) is 12.7. The van der Waals surface area contributed by atoms with Gasteiger partial charge >= 0.3 is 0 Å². The van der Waals surface area contributed by atoms with Crippen LogP contribution in [0, 0.1) is 5.92 Å². The van der Waals surface area contributed by atoms with Gasteiger partial charge in [0.1, 0.15) is 0 Å². The molecule has 0 fully saturated rings. The molecule has 0 bridgehead atoms. The van der Waals surface area contributed by atoms with Crippen LogP contribution in [0.2, 0.25) is 0 Å². The Labute approximate surface area is 91.0 Å². The van der Waals surface area contributed by atoms with Gasteiger partial charge in [0.05, 0.1) is 5.92 Å². The summed E-state index contributed by atoms with van der Waals surface area (Å²) in [5.74, 6) is 0.00988. The molecule has 2 nitrogen and oxygen atoms in total. The van der Waals surface area contributed by atoms with Crippen LogP contribution in [0.25, 0.3) is 0 Å². The maximum absolute atomic E-state index is 11.5. The van der Waals surface area contributed by atoms with Crippen LogP contribution in [0.15, 0.2) is 42.5 Å². The summed E-state index contributed by atoms with van der Waals surface area (Å²) in [6, 6.07) is 9.91. The fraction of sp³-hybridized carbons (Fsp3) is 0.308. The molecule has 1 amide bonds. The number of hydrogen-bond acceptors (Lipinski definition) is 1. The number of rotatable bonds is 4. The molecule has 1 rings (SSSR count). The summed E-state index contributed by atoms with van der Waals surface area (Å²) in [6.45, 7) is 4.41. The molecule has 80 valence electrons. The average Bonchev–Trinajstić information content (AvgIpc) is 2.27. The summed E-state index contributed by atoms with van der Waals surface area (Å²) in [4.78, 5) is 11.5. The Hall–Kier alpha value is -1.57. The van der Waals surface area contributed by atoms with Gasteiger partial charge < -0.3 is 5.32 Å². The second kappa shape index (κ2) is 6.02. The van der Waals surface area contributed by atoms with Crippen molar-refractivity contribution in [1.29, 1.82) is 0 Å². The molecule has 0 saturated carbocycles. The van der Waals surface area contributed by atoms with Crippen molar-refractivity contribution in [2.24, 2.45) is 5.92 Å². The van der Waals surface area contributed by atoms with Crippen LogP contribution in [0.1, 0.15) is 19.4 Å². The summed E-state index contributed by atoms with van der Waals surface area (Å²) >= 11 is 0. The third-order valence-electron chi connectivity index (χ3n) is 2.20. The van der Waals surface area contributed by atoms with E-state index in [1.54, 1.807) is 0 Å². The van der Waals surface area contributed by atoms with Gasteiger partial charge in [0.15, 0.2) is 0 Å². The number of carbonyl (C=O) groups excluding carboxylic acids is 1. The molecular formula is C13H17NO. The van der Waals surface area contributed by atoms with Crippen molar-refractivity contribution in [3.8, 4) is 0 Å². The van der Waals surface area contributed by atoms with Gasteiger partial charge in [-0.2, -0.15) is 0 Å². The predicted molar refractivity (Wildman–Crippen MR) is 62.3 cm³/mol. The Kier molecular flexibility index (Phi) is 4.61. The van der Waals surface area contributed by atoms with Gasteiger partial charge in [0, 0.05) is 6.54 Å². The van der Waals surface area contributed by atoms with Crippen LogP contribution in [0.3, 0.4) is 0 Å². The number of allylic oxidation sites excluding steroid dienone is 1. The van der Waals surface area contributed by atoms with Gasteiger partial charge in [-0.3, -0.25) is 4.79 Å². The Morgan fingerprint density at radius 3 is 2.67 bits per heavy atom. The van der Waals surface area contributed by atoms with Crippen molar-refractivity contribution in [1.82, 2.24) is 5.32 Å².